The van der Waals surface area contributed by atoms with Crippen molar-refractivity contribution in [1.29, 1.82) is 0 Å². The fourth-order valence-electron chi connectivity index (χ4n) is 4.23. The predicted octanol–water partition coefficient (Wildman–Crippen LogP) is 4.89. The standard InChI is InChI=1S/C26H26BrNO6/c1-3-32-21-13-16(9-12-19(21)33-14-15-7-10-17(27)11-8-15)22-23-18(29)5-4-6-20(23)34-25(28)24(22)26(30)31-2/h7-13,22H,3-6,14,28H2,1-2H3/t22-/m0/s1. The fraction of sp³-hybridized carbons (Fsp3) is 0.308. The van der Waals surface area contributed by atoms with E-state index in [1.54, 1.807) is 12.1 Å². The van der Waals surface area contributed by atoms with Gasteiger partial charge in [-0.2, -0.15) is 0 Å². The Morgan fingerprint density at radius 2 is 1.88 bits per heavy atom. The molecule has 1 heterocycles. The summed E-state index contributed by atoms with van der Waals surface area (Å²) in [5.74, 6) is 0.134. The van der Waals surface area contributed by atoms with Gasteiger partial charge in [-0.1, -0.05) is 34.1 Å². The summed E-state index contributed by atoms with van der Waals surface area (Å²) in [4.78, 5) is 25.6. The normalized spacial score (nSPS) is 17.7. The number of allylic oxidation sites excluding steroid dienone is 2. The Bertz CT molecular complexity index is 1170. The summed E-state index contributed by atoms with van der Waals surface area (Å²) < 4.78 is 23.6. The lowest BCUT2D eigenvalue weighted by atomic mass is 9.77. The van der Waals surface area contributed by atoms with Gasteiger partial charge in [-0.3, -0.25) is 4.79 Å². The summed E-state index contributed by atoms with van der Waals surface area (Å²) >= 11 is 3.43. The number of hydrogen-bond acceptors (Lipinski definition) is 7. The van der Waals surface area contributed by atoms with Gasteiger partial charge in [0.1, 0.15) is 17.9 Å². The molecule has 7 nitrogen and oxygen atoms in total. The summed E-state index contributed by atoms with van der Waals surface area (Å²) in [5.41, 5.74) is 8.38. The second-order valence-corrected chi connectivity index (χ2v) is 8.89. The van der Waals surface area contributed by atoms with E-state index in [1.165, 1.54) is 7.11 Å². The highest BCUT2D eigenvalue weighted by atomic mass is 79.9. The van der Waals surface area contributed by atoms with Crippen LogP contribution in [-0.4, -0.2) is 25.5 Å². The van der Waals surface area contributed by atoms with E-state index in [9.17, 15) is 9.59 Å². The Kier molecular flexibility index (Phi) is 7.26. The Morgan fingerprint density at radius 3 is 2.59 bits per heavy atom. The van der Waals surface area contributed by atoms with Crippen molar-refractivity contribution in [3.8, 4) is 11.5 Å². The van der Waals surface area contributed by atoms with Crippen LogP contribution in [-0.2, 0) is 25.7 Å². The molecule has 34 heavy (non-hydrogen) atoms. The number of halogens is 1. The molecule has 0 unspecified atom stereocenters. The maximum Gasteiger partial charge on any atom is 0.340 e. The highest BCUT2D eigenvalue weighted by Crippen LogP contribution is 2.45. The SMILES string of the molecule is CCOc1cc([C@@H]2C(C(=O)OC)=C(N)OC3=C2C(=O)CCC3)ccc1OCc1ccc(Br)cc1. The van der Waals surface area contributed by atoms with E-state index in [1.807, 2.05) is 37.3 Å². The smallest absolute Gasteiger partial charge is 0.340 e. The zero-order valence-corrected chi connectivity index (χ0v) is 20.6. The number of carbonyl (C=O) groups excluding carboxylic acids is 2. The summed E-state index contributed by atoms with van der Waals surface area (Å²) in [6, 6.07) is 13.2. The van der Waals surface area contributed by atoms with Crippen molar-refractivity contribution in [3.05, 3.63) is 80.9 Å². The number of hydrogen-bond donors (Lipinski definition) is 1. The average molecular weight is 528 g/mol. The predicted molar refractivity (Wildman–Crippen MR) is 129 cm³/mol. The van der Waals surface area contributed by atoms with Crippen molar-refractivity contribution < 1.29 is 28.5 Å². The van der Waals surface area contributed by atoms with Gasteiger partial charge in [0.2, 0.25) is 5.88 Å². The molecule has 0 radical (unpaired) electrons. The Hall–Kier alpha value is -3.26. The molecular weight excluding hydrogens is 502 g/mol. The number of benzene rings is 2. The summed E-state index contributed by atoms with van der Waals surface area (Å²) in [5, 5.41) is 0. The number of carbonyl (C=O) groups is 2. The van der Waals surface area contributed by atoms with Crippen molar-refractivity contribution in [2.75, 3.05) is 13.7 Å². The molecule has 0 saturated carbocycles. The third-order valence-electron chi connectivity index (χ3n) is 5.80. The van der Waals surface area contributed by atoms with Gasteiger partial charge in [0.05, 0.1) is 19.6 Å². The van der Waals surface area contributed by atoms with E-state index in [2.05, 4.69) is 15.9 Å². The largest absolute Gasteiger partial charge is 0.490 e. The molecule has 0 amide bonds. The molecule has 8 heteroatoms. The topological polar surface area (TPSA) is 97.1 Å². The number of Topliss-reactive ketones (excluding diaryl/α,β-unsaturated/α-hetero) is 1. The van der Waals surface area contributed by atoms with E-state index in [0.717, 1.165) is 10.0 Å². The number of nitrogens with two attached hydrogens (primary N) is 1. The van der Waals surface area contributed by atoms with Crippen LogP contribution in [0.4, 0.5) is 0 Å². The molecule has 178 valence electrons. The van der Waals surface area contributed by atoms with Crippen molar-refractivity contribution in [3.63, 3.8) is 0 Å². The van der Waals surface area contributed by atoms with Gasteiger partial charge in [-0.25, -0.2) is 4.79 Å². The molecule has 0 saturated heterocycles. The van der Waals surface area contributed by atoms with Crippen LogP contribution < -0.4 is 15.2 Å². The number of rotatable bonds is 7. The van der Waals surface area contributed by atoms with Gasteiger partial charge in [-0.05, 0) is 48.7 Å². The van der Waals surface area contributed by atoms with Crippen molar-refractivity contribution in [1.82, 2.24) is 0 Å². The Labute approximate surface area is 206 Å². The minimum Gasteiger partial charge on any atom is -0.490 e. The highest BCUT2D eigenvalue weighted by molar-refractivity contribution is 9.10. The van der Waals surface area contributed by atoms with E-state index < -0.39 is 11.9 Å². The summed E-state index contributed by atoms with van der Waals surface area (Å²) in [7, 11) is 1.27. The molecule has 0 spiro atoms. The molecule has 1 atom stereocenters. The zero-order chi connectivity index (χ0) is 24.2. The van der Waals surface area contributed by atoms with Crippen LogP contribution in [0, 0.1) is 0 Å². The first-order valence-electron chi connectivity index (χ1n) is 11.1. The molecule has 1 aliphatic heterocycles. The molecule has 0 fully saturated rings. The zero-order valence-electron chi connectivity index (χ0n) is 19.1. The molecule has 2 N–H and O–H groups in total. The Balaban J connectivity index is 1.72. The first-order valence-corrected chi connectivity index (χ1v) is 11.9. The molecule has 2 aliphatic rings. The third-order valence-corrected chi connectivity index (χ3v) is 6.33. The number of methoxy groups -OCH3 is 1. The average Bonchev–Trinajstić information content (AvgIpc) is 2.83. The Morgan fingerprint density at radius 1 is 1.12 bits per heavy atom. The van der Waals surface area contributed by atoms with E-state index in [4.69, 9.17) is 24.7 Å². The lowest BCUT2D eigenvalue weighted by molar-refractivity contribution is -0.136. The van der Waals surface area contributed by atoms with Gasteiger partial charge < -0.3 is 24.7 Å². The monoisotopic (exact) mass is 527 g/mol. The van der Waals surface area contributed by atoms with Crippen molar-refractivity contribution >= 4 is 27.7 Å². The van der Waals surface area contributed by atoms with Gasteiger partial charge in [0, 0.05) is 22.9 Å². The number of esters is 1. The number of ketones is 1. The highest BCUT2D eigenvalue weighted by Gasteiger charge is 2.41. The maximum absolute atomic E-state index is 12.9. The van der Waals surface area contributed by atoms with Crippen LogP contribution in [0.15, 0.2) is 69.7 Å². The van der Waals surface area contributed by atoms with Crippen LogP contribution >= 0.6 is 15.9 Å². The van der Waals surface area contributed by atoms with Crippen LogP contribution in [0.25, 0.3) is 0 Å². The van der Waals surface area contributed by atoms with E-state index >= 15 is 0 Å². The molecule has 0 aromatic heterocycles. The first kappa shape index (κ1) is 23.9. The van der Waals surface area contributed by atoms with E-state index in [0.29, 0.717) is 60.9 Å². The second kappa shape index (κ2) is 10.3. The quantitative estimate of drug-likeness (QED) is 0.511. The summed E-state index contributed by atoms with van der Waals surface area (Å²) in [6.45, 7) is 2.65. The lowest BCUT2D eigenvalue weighted by Crippen LogP contribution is -2.31. The van der Waals surface area contributed by atoms with Gasteiger partial charge >= 0.3 is 5.97 Å². The van der Waals surface area contributed by atoms with Gasteiger partial charge in [-0.15, -0.1) is 0 Å². The maximum atomic E-state index is 12.9. The molecule has 2 aromatic rings. The fourth-order valence-corrected chi connectivity index (χ4v) is 4.50. The van der Waals surface area contributed by atoms with Gasteiger partial charge in [0.25, 0.3) is 0 Å². The molecular formula is C26H26BrNO6. The number of ether oxygens (including phenoxy) is 4. The van der Waals surface area contributed by atoms with Crippen LogP contribution in [0.5, 0.6) is 11.5 Å². The van der Waals surface area contributed by atoms with Crippen LogP contribution in [0.3, 0.4) is 0 Å². The second-order valence-electron chi connectivity index (χ2n) is 7.97. The van der Waals surface area contributed by atoms with Crippen molar-refractivity contribution in [2.45, 2.75) is 38.7 Å². The molecule has 1 aliphatic carbocycles. The third kappa shape index (κ3) is 4.82. The van der Waals surface area contributed by atoms with E-state index in [-0.39, 0.29) is 17.2 Å². The van der Waals surface area contributed by atoms with Crippen LogP contribution in [0.2, 0.25) is 0 Å². The molecule has 0 bridgehead atoms. The molecule has 4 rings (SSSR count). The minimum absolute atomic E-state index is 0.0428. The van der Waals surface area contributed by atoms with Gasteiger partial charge in [0.15, 0.2) is 17.3 Å². The van der Waals surface area contributed by atoms with Crippen LogP contribution in [0.1, 0.15) is 43.2 Å². The minimum atomic E-state index is -0.705. The summed E-state index contributed by atoms with van der Waals surface area (Å²) in [6.07, 6.45) is 1.65. The first-order chi connectivity index (χ1) is 16.4. The lowest BCUT2D eigenvalue weighted by Gasteiger charge is -2.32. The molecule has 2 aromatic carbocycles. The van der Waals surface area contributed by atoms with Crippen molar-refractivity contribution in [2.24, 2.45) is 5.73 Å².